The molecule has 19 rings (SSSR count). The minimum absolute atomic E-state index is 0. The van der Waals surface area contributed by atoms with Crippen LogP contribution in [0.2, 0.25) is 0 Å². The van der Waals surface area contributed by atoms with Gasteiger partial charge in [-0.05, 0) is 326 Å². The van der Waals surface area contributed by atoms with Gasteiger partial charge in [-0.1, -0.05) is 88.8 Å². The number of H-pyrrole nitrogens is 1. The van der Waals surface area contributed by atoms with Crippen LogP contribution in [0.5, 0.6) is 0 Å². The number of benzene rings is 7. The van der Waals surface area contributed by atoms with Crippen LogP contribution in [0.4, 0.5) is 22.0 Å². The van der Waals surface area contributed by atoms with Crippen molar-refractivity contribution in [1.82, 2.24) is 38.5 Å². The van der Waals surface area contributed by atoms with Gasteiger partial charge in [-0.25, -0.2) is 49.1 Å². The molecule has 4 aromatic heterocycles. The Morgan fingerprint density at radius 1 is 0.634 bits per heavy atom. The Balaban J connectivity index is 0.000000208. The Labute approximate surface area is 860 Å². The summed E-state index contributed by atoms with van der Waals surface area (Å²) < 4.78 is 170. The van der Waals surface area contributed by atoms with Crippen LogP contribution >= 0.6 is 145 Å². The van der Waals surface area contributed by atoms with Crippen molar-refractivity contribution in [2.75, 3.05) is 46.2 Å². The van der Waals surface area contributed by atoms with Gasteiger partial charge in [0.05, 0.1) is 46.9 Å². The monoisotopic (exact) mass is 2420 g/mol. The predicted molar refractivity (Wildman–Crippen MR) is 538 cm³/mol. The van der Waals surface area contributed by atoms with Gasteiger partial charge in [0.2, 0.25) is 0 Å². The summed E-state index contributed by atoms with van der Waals surface area (Å²) in [7, 11) is -10.4. The van der Waals surface area contributed by atoms with Gasteiger partial charge in [0.25, 0.3) is 11.8 Å². The standard InChI is InChI=1S/C52H56FN8O6P.C12H13BrFOP.C10H13BrFO3P.C6H3BrCl2FOP.C6H3BrFI.C4H10O3P.C3H5.BrH.Mg/c1-6-33-26-37(8-14-44(33)68(65,39-9-10-39)40-11-12-40)58-19-20-59(51(58)64)47-45-32(5)57(18-15-41(45)55-61(47)38-23-29(2)46(53)30(3)24-38)48(62)43-27-36-25-35(34-16-21-66-22-17-34)7-13-42(36)60(43)52(28-31(52)4)49-54-50(63)67-56-49;13-8-1-6-12(11(14)7-8)16(15,9-2-3-9)10-4-5-10;1-3-14-16(13,15-4-2)10-6-5-8(11)7-9(10)12;7-4-1-2-6(5(10)3-4)12(8,9)11;7-4-1-2-6(9)5(8)3-4;1-3-6-8(5)7-4-2;1-2-3-1;;/h7-8,13-14,19-20,23-27,31-32,34,39-40H,6,9-12,15-18,21-22,28H2,1-5H3,(H,54,56,63);1,6-7,9-10H,2-5H2;5-7H,3-4H2,1-2H3;1-3H;1-3H;3-4H2,1-2H3;1H,2-3H2;1H;/q;;;;;+1;-1;;+2/p-1/t31-,32-,52-;;;;;;;;/m0......../s1. The van der Waals surface area contributed by atoms with E-state index in [1.54, 1.807) is 104 Å². The van der Waals surface area contributed by atoms with E-state index in [2.05, 4.69) is 126 Å². The molecular weight excluding hydrogens is 2320 g/mol. The van der Waals surface area contributed by atoms with Crippen molar-refractivity contribution >= 4 is 206 Å². The SMILES string of the molecule is CCOP(=O)(OCC)c1ccc(Br)cc1F.CCO[P+](=O)OCC.CCc1cc(-n2ccn(-c3c4c(nn3-c3cc(C)c(F)c(C)c3)CCN(C(=O)c3cc5cc(C6CCOCC6)ccc5n3[C@@]3(c5noc(=O)[nH]5)C[C@@H]3C)[C@H]4C)c2=O)ccc1P(=O)(C1CC1)C1CC1.Fc1cc(Br)ccc1I.O=P(Cl)(Cl)c1ccc(Br)cc1F.O=P(c1ccc(Br)cc1F)(C1CC1)C1CC1.[Br-].[CH-]1CC1.[Mg+2]. The molecule has 0 unspecified atom stereocenters. The molecule has 41 heteroatoms. The van der Waals surface area contributed by atoms with Crippen molar-refractivity contribution < 1.29 is 93.9 Å². The van der Waals surface area contributed by atoms with E-state index in [9.17, 15) is 50.0 Å². The van der Waals surface area contributed by atoms with Crippen molar-refractivity contribution in [3.8, 4) is 17.2 Å². The molecular formula is C93H103Br5Cl2F5IMgN8O14P5+. The van der Waals surface area contributed by atoms with Crippen LogP contribution in [0, 0.1) is 58.8 Å². The number of amides is 1. The number of imidazole rings is 1. The van der Waals surface area contributed by atoms with Crippen molar-refractivity contribution in [3.63, 3.8) is 0 Å². The summed E-state index contributed by atoms with van der Waals surface area (Å²) >= 11 is 25.1. The van der Waals surface area contributed by atoms with Gasteiger partial charge in [0.1, 0.15) is 73.6 Å². The third-order valence-electron chi connectivity index (χ3n) is 24.0. The van der Waals surface area contributed by atoms with Crippen LogP contribution in [0.25, 0.3) is 28.1 Å². The number of carbonyl (C=O) groups is 1. The molecule has 7 fully saturated rings. The fourth-order valence-electron chi connectivity index (χ4n) is 16.9. The zero-order valence-corrected chi connectivity index (χ0v) is 92.6. The Morgan fingerprint density at radius 2 is 1.13 bits per heavy atom. The topological polar surface area (TPSA) is 260 Å². The number of nitrogens with one attached hydrogen (secondary N) is 1. The molecule has 6 saturated carbocycles. The molecule has 1 amide bonds. The molecule has 0 radical (unpaired) electrons. The van der Waals surface area contributed by atoms with Crippen LogP contribution in [-0.2, 0) is 64.0 Å². The number of hydrogen-bond acceptors (Lipinski definition) is 16. The van der Waals surface area contributed by atoms with E-state index < -0.39 is 65.0 Å². The number of fused-ring (bicyclic) bond motifs is 2. The van der Waals surface area contributed by atoms with E-state index >= 15 is 9.18 Å². The predicted octanol–water partition coefficient (Wildman–Crippen LogP) is 22.3. The molecule has 7 aromatic carbocycles. The van der Waals surface area contributed by atoms with E-state index in [1.807, 2.05) is 64.7 Å². The summed E-state index contributed by atoms with van der Waals surface area (Å²) in [5, 5.41) is 11.6. The Kier molecular flexibility index (Phi) is 39.2. The molecule has 6 aliphatic carbocycles. The van der Waals surface area contributed by atoms with Gasteiger partial charge >= 0.3 is 50.3 Å². The number of nitrogens with zero attached hydrogens (tertiary/aromatic N) is 7. The quantitative estimate of drug-likeness (QED) is 0.0147. The van der Waals surface area contributed by atoms with E-state index in [4.69, 9.17) is 45.9 Å². The number of aromatic nitrogens is 7. The average molecular weight is 2430 g/mol. The van der Waals surface area contributed by atoms with E-state index in [0.717, 1.165) is 102 Å². The first-order chi connectivity index (χ1) is 62.9. The first-order valence-corrected chi connectivity index (χ1v) is 58.0. The number of rotatable bonds is 24. The number of aromatic amines is 1. The van der Waals surface area contributed by atoms with E-state index in [1.165, 1.54) is 54.8 Å². The molecule has 0 bridgehead atoms. The maximum absolute atomic E-state index is 15.6. The number of carbonyl (C=O) groups excluding carboxylic acids is 1. The van der Waals surface area contributed by atoms with Crippen molar-refractivity contribution in [3.05, 3.63) is 263 Å². The second-order valence-electron chi connectivity index (χ2n) is 33.4. The van der Waals surface area contributed by atoms with Crippen LogP contribution in [0.3, 0.4) is 0 Å². The Hall–Kier alpha value is -4.34. The van der Waals surface area contributed by atoms with Gasteiger partial charge < -0.3 is 55.8 Å². The molecule has 2 aliphatic heterocycles. The zero-order chi connectivity index (χ0) is 95.2. The molecule has 11 aromatic rings. The number of ether oxygens (including phenoxy) is 1. The van der Waals surface area contributed by atoms with Crippen molar-refractivity contribution in [2.24, 2.45) is 5.92 Å². The number of halogens is 13. The summed E-state index contributed by atoms with van der Waals surface area (Å²) in [5.74, 6) is -5.23. The average Bonchev–Trinajstić information content (AvgIpc) is 1.52. The minimum Gasteiger partial charge on any atom is -1.00 e. The number of hydrogen-bond donors (Lipinski definition) is 1. The van der Waals surface area contributed by atoms with Crippen LogP contribution in [0.1, 0.15) is 194 Å². The second-order valence-corrected chi connectivity index (χ2v) is 52.6. The van der Waals surface area contributed by atoms with Crippen molar-refractivity contribution in [1.29, 1.82) is 0 Å². The molecule has 0 spiro atoms. The maximum atomic E-state index is 15.6. The molecule has 8 aliphatic rings. The van der Waals surface area contributed by atoms with Crippen LogP contribution in [-0.4, -0.2) is 136 Å². The molecule has 3 atom stereocenters. The molecule has 6 heterocycles. The van der Waals surface area contributed by atoms with Gasteiger partial charge in [0, 0.05) is 114 Å². The van der Waals surface area contributed by atoms with Gasteiger partial charge in [-0.2, -0.15) is 5.10 Å². The van der Waals surface area contributed by atoms with Gasteiger partial charge in [-0.3, -0.25) is 32.6 Å². The largest absolute Gasteiger partial charge is 2.00 e. The Bertz CT molecular complexity index is 6350. The normalized spacial score (nSPS) is 17.9. The molecule has 716 valence electrons. The number of aryl methyl sites for hydroxylation is 3. The third-order valence-corrected chi connectivity index (χ3v) is 40.7. The summed E-state index contributed by atoms with van der Waals surface area (Å²) in [6.45, 7) is 19.5. The zero-order valence-electron chi connectivity index (χ0n) is 75.2. The first kappa shape index (κ1) is 110. The third kappa shape index (κ3) is 25.6. The minimum atomic E-state index is -3.53. The second kappa shape index (κ2) is 47.7. The Morgan fingerprint density at radius 3 is 1.58 bits per heavy atom. The smallest absolute Gasteiger partial charge is 1.00 e. The first-order valence-electron chi connectivity index (χ1n) is 43.9. The summed E-state index contributed by atoms with van der Waals surface area (Å²) in [6, 6.07) is 35.4. The molecule has 1 N–H and O–H groups in total. The molecule has 22 nitrogen and oxygen atoms in total. The molecule has 134 heavy (non-hydrogen) atoms. The fourth-order valence-corrected chi connectivity index (χ4v) is 30.2. The maximum Gasteiger partial charge on any atom is 2.00 e. The summed E-state index contributed by atoms with van der Waals surface area (Å²) in [4.78, 5) is 47.7. The van der Waals surface area contributed by atoms with E-state index in [0.29, 0.717) is 126 Å². The van der Waals surface area contributed by atoms with E-state index in [-0.39, 0.29) is 121 Å². The molecule has 1 saturated heterocycles. The fraction of sp³-hybridized carbons (Fsp3) is 0.419. The van der Waals surface area contributed by atoms with Crippen LogP contribution < -0.4 is 49.6 Å². The van der Waals surface area contributed by atoms with Gasteiger partial charge in [-0.15, -0.1) is 9.05 Å². The van der Waals surface area contributed by atoms with Gasteiger partial charge in [0.15, 0.2) is 5.82 Å². The van der Waals surface area contributed by atoms with Crippen LogP contribution in [0.15, 0.2) is 172 Å². The summed E-state index contributed by atoms with van der Waals surface area (Å²) in [6.07, 6.45) is 20.2. The summed E-state index contributed by atoms with van der Waals surface area (Å²) in [5.41, 5.74) is 7.05. The van der Waals surface area contributed by atoms with Crippen molar-refractivity contribution in [2.45, 2.75) is 199 Å².